The van der Waals surface area contributed by atoms with Crippen molar-refractivity contribution in [3.63, 3.8) is 0 Å². The van der Waals surface area contributed by atoms with Crippen molar-refractivity contribution >= 4 is 23.4 Å². The molecule has 0 aromatic heterocycles. The Hall–Kier alpha value is -3.35. The summed E-state index contributed by atoms with van der Waals surface area (Å²) < 4.78 is 0. The van der Waals surface area contributed by atoms with E-state index in [0.29, 0.717) is 12.0 Å². The molecule has 30 heavy (non-hydrogen) atoms. The molecule has 160 valence electrons. The Morgan fingerprint density at radius 1 is 0.967 bits per heavy atom. The van der Waals surface area contributed by atoms with Crippen molar-refractivity contribution in [1.29, 1.82) is 0 Å². The van der Waals surface area contributed by atoms with E-state index in [4.69, 9.17) is 0 Å². The predicted octanol–water partition coefficient (Wildman–Crippen LogP) is 2.71. The Morgan fingerprint density at radius 3 is 2.30 bits per heavy atom. The van der Waals surface area contributed by atoms with E-state index in [0.717, 1.165) is 16.8 Å². The molecule has 2 aromatic rings. The number of carbonyl (C=O) groups is 3. The molecule has 2 unspecified atom stereocenters. The predicted molar refractivity (Wildman–Crippen MR) is 118 cm³/mol. The van der Waals surface area contributed by atoms with Gasteiger partial charge in [0, 0.05) is 11.3 Å². The second-order valence-electron chi connectivity index (χ2n) is 7.41. The summed E-state index contributed by atoms with van der Waals surface area (Å²) >= 11 is 0. The smallest absolute Gasteiger partial charge is 0.261 e. The Labute approximate surface area is 177 Å². The van der Waals surface area contributed by atoms with Crippen LogP contribution in [0.5, 0.6) is 0 Å². The van der Waals surface area contributed by atoms with Crippen molar-refractivity contribution in [2.45, 2.75) is 40.2 Å². The summed E-state index contributed by atoms with van der Waals surface area (Å²) in [5.41, 5.74) is 8.33. The van der Waals surface area contributed by atoms with Gasteiger partial charge in [-0.25, -0.2) is 0 Å². The number of carbonyl (C=O) groups excluding carboxylic acids is 3. The molecule has 7 heteroatoms. The molecule has 0 radical (unpaired) electrons. The largest absolute Gasteiger partial charge is 0.376 e. The number of amides is 3. The second kappa shape index (κ2) is 11.0. The van der Waals surface area contributed by atoms with Gasteiger partial charge >= 0.3 is 0 Å². The molecule has 0 saturated carbocycles. The van der Waals surface area contributed by atoms with Crippen LogP contribution in [0.3, 0.4) is 0 Å². The van der Waals surface area contributed by atoms with Gasteiger partial charge in [0.15, 0.2) is 0 Å². The third-order valence-corrected chi connectivity index (χ3v) is 4.96. The highest BCUT2D eigenvalue weighted by molar-refractivity contribution is 5.98. The topological polar surface area (TPSA) is 99.3 Å². The fourth-order valence-electron chi connectivity index (χ4n) is 2.96. The first-order chi connectivity index (χ1) is 14.3. The molecule has 0 spiro atoms. The minimum absolute atomic E-state index is 0.00849. The number of aryl methyl sites for hydroxylation is 2. The van der Waals surface area contributed by atoms with Crippen molar-refractivity contribution in [1.82, 2.24) is 16.2 Å². The molecule has 2 atom stereocenters. The monoisotopic (exact) mass is 410 g/mol. The lowest BCUT2D eigenvalue weighted by atomic mass is 9.98. The fourth-order valence-corrected chi connectivity index (χ4v) is 2.96. The molecular formula is C23H30N4O3. The van der Waals surface area contributed by atoms with Gasteiger partial charge in [-0.3, -0.25) is 25.2 Å². The summed E-state index contributed by atoms with van der Waals surface area (Å²) in [4.78, 5) is 37.2. The van der Waals surface area contributed by atoms with E-state index in [1.54, 1.807) is 24.3 Å². The van der Waals surface area contributed by atoms with Crippen LogP contribution in [0.1, 0.15) is 41.8 Å². The first-order valence-electron chi connectivity index (χ1n) is 10.1. The average molecular weight is 411 g/mol. The van der Waals surface area contributed by atoms with Crippen LogP contribution >= 0.6 is 0 Å². The average Bonchev–Trinajstić information content (AvgIpc) is 2.75. The minimum Gasteiger partial charge on any atom is -0.376 e. The maximum absolute atomic E-state index is 12.6. The number of anilines is 1. The van der Waals surface area contributed by atoms with Gasteiger partial charge in [0.05, 0.1) is 6.54 Å². The molecule has 2 rings (SSSR count). The van der Waals surface area contributed by atoms with Crippen LogP contribution in [0.2, 0.25) is 0 Å². The number of benzene rings is 2. The van der Waals surface area contributed by atoms with Crippen LogP contribution < -0.4 is 21.5 Å². The Balaban J connectivity index is 1.90. The minimum atomic E-state index is -0.768. The first kappa shape index (κ1) is 22.9. The summed E-state index contributed by atoms with van der Waals surface area (Å²) in [5.74, 6) is -1.30. The number of hydrogen-bond donors (Lipinski definition) is 4. The molecule has 7 nitrogen and oxygen atoms in total. The summed E-state index contributed by atoms with van der Waals surface area (Å²) in [6.45, 7) is 7.78. The number of hydrogen-bond acceptors (Lipinski definition) is 4. The zero-order chi connectivity index (χ0) is 22.1. The van der Waals surface area contributed by atoms with Gasteiger partial charge in [0.2, 0.25) is 0 Å². The van der Waals surface area contributed by atoms with Crippen molar-refractivity contribution in [3.8, 4) is 0 Å². The highest BCUT2D eigenvalue weighted by Crippen LogP contribution is 2.15. The lowest BCUT2D eigenvalue weighted by Gasteiger charge is -2.23. The molecule has 0 fully saturated rings. The summed E-state index contributed by atoms with van der Waals surface area (Å²) in [5, 5.41) is 5.81. The highest BCUT2D eigenvalue weighted by Gasteiger charge is 2.26. The number of rotatable bonds is 8. The molecule has 0 bridgehead atoms. The first-order valence-corrected chi connectivity index (χ1v) is 10.1. The SMILES string of the molecule is CCC(C)C(NC(=O)c1ccccc1)C(=O)NNC(=O)CNc1ccc(C)cc1C. The van der Waals surface area contributed by atoms with E-state index in [9.17, 15) is 14.4 Å². The fraction of sp³-hybridized carbons (Fsp3) is 0.348. The second-order valence-corrected chi connectivity index (χ2v) is 7.41. The van der Waals surface area contributed by atoms with E-state index in [2.05, 4.69) is 21.5 Å². The van der Waals surface area contributed by atoms with Gasteiger partial charge in [-0.05, 0) is 43.5 Å². The highest BCUT2D eigenvalue weighted by atomic mass is 16.2. The van der Waals surface area contributed by atoms with Gasteiger partial charge in [-0.15, -0.1) is 0 Å². The van der Waals surface area contributed by atoms with E-state index in [-0.39, 0.29) is 24.3 Å². The van der Waals surface area contributed by atoms with E-state index < -0.39 is 11.9 Å². The summed E-state index contributed by atoms with van der Waals surface area (Å²) in [6, 6.07) is 13.8. The Morgan fingerprint density at radius 2 is 1.67 bits per heavy atom. The lowest BCUT2D eigenvalue weighted by molar-refractivity contribution is -0.129. The molecule has 3 amide bonds. The van der Waals surface area contributed by atoms with Crippen LogP contribution in [-0.4, -0.2) is 30.3 Å². The Kier molecular flexibility index (Phi) is 8.41. The van der Waals surface area contributed by atoms with E-state index in [1.807, 2.05) is 52.0 Å². The van der Waals surface area contributed by atoms with Gasteiger partial charge in [0.25, 0.3) is 17.7 Å². The summed E-state index contributed by atoms with van der Waals surface area (Å²) in [6.07, 6.45) is 0.690. The maximum atomic E-state index is 12.6. The normalized spacial score (nSPS) is 12.4. The van der Waals surface area contributed by atoms with Crippen molar-refractivity contribution in [2.24, 2.45) is 5.92 Å². The van der Waals surface area contributed by atoms with Crippen molar-refractivity contribution in [2.75, 3.05) is 11.9 Å². The maximum Gasteiger partial charge on any atom is 0.261 e. The van der Waals surface area contributed by atoms with Crippen LogP contribution in [-0.2, 0) is 9.59 Å². The summed E-state index contributed by atoms with van der Waals surface area (Å²) in [7, 11) is 0. The van der Waals surface area contributed by atoms with Gasteiger partial charge in [-0.2, -0.15) is 0 Å². The van der Waals surface area contributed by atoms with Crippen molar-refractivity contribution < 1.29 is 14.4 Å². The third-order valence-electron chi connectivity index (χ3n) is 4.96. The lowest BCUT2D eigenvalue weighted by Crippen LogP contribution is -2.55. The van der Waals surface area contributed by atoms with Crippen LogP contribution in [0.15, 0.2) is 48.5 Å². The zero-order valence-electron chi connectivity index (χ0n) is 17.9. The molecule has 0 aliphatic rings. The molecule has 0 heterocycles. The third kappa shape index (κ3) is 6.62. The molecule has 4 N–H and O–H groups in total. The molecule has 2 aromatic carbocycles. The Bertz CT molecular complexity index is 883. The van der Waals surface area contributed by atoms with Crippen LogP contribution in [0.4, 0.5) is 5.69 Å². The van der Waals surface area contributed by atoms with Gasteiger partial charge < -0.3 is 10.6 Å². The number of nitrogens with one attached hydrogen (secondary N) is 4. The van der Waals surface area contributed by atoms with Crippen molar-refractivity contribution in [3.05, 3.63) is 65.2 Å². The van der Waals surface area contributed by atoms with Crippen LogP contribution in [0.25, 0.3) is 0 Å². The molecule has 0 aliphatic heterocycles. The molecular weight excluding hydrogens is 380 g/mol. The van der Waals surface area contributed by atoms with E-state index >= 15 is 0 Å². The molecule has 0 saturated heterocycles. The standard InChI is InChI=1S/C23H30N4O3/c1-5-16(3)21(25-22(29)18-9-7-6-8-10-18)23(30)27-26-20(28)14-24-19-12-11-15(2)13-17(19)4/h6-13,16,21,24H,5,14H2,1-4H3,(H,25,29)(H,26,28)(H,27,30). The van der Waals surface area contributed by atoms with E-state index in [1.165, 1.54) is 0 Å². The molecule has 0 aliphatic carbocycles. The van der Waals surface area contributed by atoms with Gasteiger partial charge in [-0.1, -0.05) is 56.2 Å². The van der Waals surface area contributed by atoms with Crippen LogP contribution in [0, 0.1) is 19.8 Å². The van der Waals surface area contributed by atoms with Gasteiger partial charge in [0.1, 0.15) is 6.04 Å². The zero-order valence-corrected chi connectivity index (χ0v) is 17.9. The quantitative estimate of drug-likeness (QED) is 0.503. The number of hydrazine groups is 1.